The minimum absolute atomic E-state index is 0.0900. The number of aromatic nitrogens is 3. The van der Waals surface area contributed by atoms with Gasteiger partial charge in [0.25, 0.3) is 11.8 Å². The minimum Gasteiger partial charge on any atom is -0.481 e. The van der Waals surface area contributed by atoms with E-state index in [1.54, 1.807) is 11.8 Å². The molecule has 3 heterocycles. The van der Waals surface area contributed by atoms with E-state index in [1.165, 1.54) is 31.5 Å². The van der Waals surface area contributed by atoms with Gasteiger partial charge in [0.05, 0.1) is 19.0 Å². The van der Waals surface area contributed by atoms with Crippen molar-refractivity contribution in [1.29, 1.82) is 0 Å². The highest BCUT2D eigenvalue weighted by Crippen LogP contribution is 2.32. The number of nitrogens with zero attached hydrogens (tertiary/aromatic N) is 5. The predicted octanol–water partition coefficient (Wildman–Crippen LogP) is 3.55. The van der Waals surface area contributed by atoms with Gasteiger partial charge in [0.1, 0.15) is 22.8 Å². The number of hydrogen-bond donors (Lipinski definition) is 3. The van der Waals surface area contributed by atoms with Gasteiger partial charge in [-0.3, -0.25) is 19.2 Å². The Balaban J connectivity index is 1.34. The van der Waals surface area contributed by atoms with E-state index in [-0.39, 0.29) is 22.4 Å². The first-order valence-corrected chi connectivity index (χ1v) is 17.5. The molecule has 51 heavy (non-hydrogen) atoms. The molecule has 0 radical (unpaired) electrons. The quantitative estimate of drug-likeness (QED) is 0.254. The second-order valence-corrected chi connectivity index (χ2v) is 13.7. The maximum atomic E-state index is 15.7. The number of alkyl halides is 2. The zero-order valence-electron chi connectivity index (χ0n) is 28.5. The van der Waals surface area contributed by atoms with Gasteiger partial charge in [-0.2, -0.15) is 8.78 Å². The molecular formula is C34H41F3N8O5S. The molecule has 1 aromatic carbocycles. The number of anilines is 1. The number of hydrogen-bond acceptors (Lipinski definition) is 10. The number of methoxy groups -OCH3 is 1. The average Bonchev–Trinajstić information content (AvgIpc) is 3.69. The topological polar surface area (TPSA) is 159 Å². The summed E-state index contributed by atoms with van der Waals surface area (Å²) in [6.07, 6.45) is 5.54. The van der Waals surface area contributed by atoms with Crippen molar-refractivity contribution in [2.45, 2.75) is 63.0 Å². The summed E-state index contributed by atoms with van der Waals surface area (Å²) in [4.78, 5) is 61.0. The van der Waals surface area contributed by atoms with Crippen molar-refractivity contribution in [1.82, 2.24) is 35.0 Å². The molecule has 1 aliphatic carbocycles. The summed E-state index contributed by atoms with van der Waals surface area (Å²) in [5.74, 6) is -9.32. The molecule has 17 heteroatoms. The summed E-state index contributed by atoms with van der Waals surface area (Å²) in [5, 5.41) is 11.2. The van der Waals surface area contributed by atoms with Crippen LogP contribution in [0.3, 0.4) is 0 Å². The van der Waals surface area contributed by atoms with Crippen LogP contribution in [0.25, 0.3) is 0 Å². The standard InChI is InChI=1S/C34H41F3N8O5S/c1-20(28(41-30(46)26-19-39-43-51-26)32(48)45-15-13-44(2)14-16-45)22-9-11-25(24(35)17-22)40-31(47)29(21-7-5-4-6-8-21)42-33(49)34(36,37)23-10-12-27(50-3)38-18-23/h9-12,17-21,28-29H,4-8,13-16H2,1-3H3,(H,40,47)(H,41,46)(H,42,49). The third-order valence-corrected chi connectivity index (χ3v) is 10.2. The van der Waals surface area contributed by atoms with Gasteiger partial charge >= 0.3 is 5.92 Å². The van der Waals surface area contributed by atoms with E-state index in [1.807, 2.05) is 7.05 Å². The minimum atomic E-state index is -4.01. The highest BCUT2D eigenvalue weighted by Gasteiger charge is 2.44. The van der Waals surface area contributed by atoms with Crippen molar-refractivity contribution in [3.05, 3.63) is 64.5 Å². The van der Waals surface area contributed by atoms with Crippen LogP contribution >= 0.6 is 11.5 Å². The van der Waals surface area contributed by atoms with E-state index in [0.29, 0.717) is 44.6 Å². The zero-order chi connectivity index (χ0) is 36.7. The highest BCUT2D eigenvalue weighted by molar-refractivity contribution is 7.07. The third kappa shape index (κ3) is 9.00. The van der Waals surface area contributed by atoms with E-state index < -0.39 is 58.9 Å². The molecular weight excluding hydrogens is 689 g/mol. The second kappa shape index (κ2) is 16.6. The molecule has 3 N–H and O–H groups in total. The van der Waals surface area contributed by atoms with Gasteiger partial charge in [0.15, 0.2) is 0 Å². The van der Waals surface area contributed by atoms with Crippen molar-refractivity contribution in [3.63, 3.8) is 0 Å². The number of halogens is 3. The average molecular weight is 731 g/mol. The Kier molecular flexibility index (Phi) is 12.2. The van der Waals surface area contributed by atoms with Gasteiger partial charge < -0.3 is 30.5 Å². The summed E-state index contributed by atoms with van der Waals surface area (Å²) >= 11 is 0.875. The maximum Gasteiger partial charge on any atom is 0.351 e. The first-order valence-electron chi connectivity index (χ1n) is 16.7. The monoisotopic (exact) mass is 730 g/mol. The molecule has 274 valence electrons. The lowest BCUT2D eigenvalue weighted by atomic mass is 9.83. The molecule has 3 unspecified atom stereocenters. The van der Waals surface area contributed by atoms with Gasteiger partial charge in [-0.1, -0.05) is 36.7 Å². The van der Waals surface area contributed by atoms with E-state index in [2.05, 4.69) is 35.4 Å². The number of piperazine rings is 1. The number of carbonyl (C=O) groups excluding carboxylic acids is 4. The van der Waals surface area contributed by atoms with Crippen LogP contribution in [0.2, 0.25) is 0 Å². The Hall–Kier alpha value is -4.64. The summed E-state index contributed by atoms with van der Waals surface area (Å²) < 4.78 is 54.8. The Morgan fingerprint density at radius 2 is 1.73 bits per heavy atom. The summed E-state index contributed by atoms with van der Waals surface area (Å²) in [7, 11) is 3.28. The number of amides is 4. The summed E-state index contributed by atoms with van der Waals surface area (Å²) in [6, 6.07) is 3.78. The van der Waals surface area contributed by atoms with Crippen molar-refractivity contribution in [3.8, 4) is 5.88 Å². The van der Waals surface area contributed by atoms with E-state index in [0.717, 1.165) is 49.1 Å². The number of pyridine rings is 1. The molecule has 2 aromatic heterocycles. The first-order chi connectivity index (χ1) is 24.4. The number of carbonyl (C=O) groups is 4. The normalized spacial score (nSPS) is 17.6. The highest BCUT2D eigenvalue weighted by atomic mass is 32.1. The number of likely N-dealkylation sites (N-methyl/N-ethyl adjacent to an activating group) is 1. The van der Waals surface area contributed by atoms with Crippen LogP contribution in [0.15, 0.2) is 42.7 Å². The second-order valence-electron chi connectivity index (χ2n) is 12.9. The van der Waals surface area contributed by atoms with Gasteiger partial charge in [0, 0.05) is 49.9 Å². The third-order valence-electron chi connectivity index (χ3n) is 9.51. The smallest absolute Gasteiger partial charge is 0.351 e. The molecule has 2 fully saturated rings. The zero-order valence-corrected chi connectivity index (χ0v) is 29.4. The molecule has 3 aromatic rings. The van der Waals surface area contributed by atoms with Crippen LogP contribution in [0.1, 0.15) is 65.7 Å². The van der Waals surface area contributed by atoms with E-state index >= 15 is 13.2 Å². The lowest BCUT2D eigenvalue weighted by Gasteiger charge is -2.36. The van der Waals surface area contributed by atoms with Crippen LogP contribution in [-0.4, -0.2) is 100 Å². The van der Waals surface area contributed by atoms with E-state index in [4.69, 9.17) is 4.74 Å². The van der Waals surface area contributed by atoms with Crippen molar-refractivity contribution in [2.24, 2.45) is 5.92 Å². The Bertz CT molecular complexity index is 1680. The van der Waals surface area contributed by atoms with Gasteiger partial charge in [-0.05, 0) is 61.1 Å². The molecule has 13 nitrogen and oxygen atoms in total. The van der Waals surface area contributed by atoms with Crippen LogP contribution in [0.5, 0.6) is 5.88 Å². The van der Waals surface area contributed by atoms with Gasteiger partial charge in [0.2, 0.25) is 17.7 Å². The molecule has 0 bridgehead atoms. The van der Waals surface area contributed by atoms with Crippen molar-refractivity contribution >= 4 is 40.8 Å². The molecule has 1 saturated heterocycles. The lowest BCUT2D eigenvalue weighted by Crippen LogP contribution is -2.55. The van der Waals surface area contributed by atoms with Crippen molar-refractivity contribution < 1.29 is 37.1 Å². The van der Waals surface area contributed by atoms with Gasteiger partial charge in [-0.15, -0.1) is 5.10 Å². The summed E-state index contributed by atoms with van der Waals surface area (Å²) in [5.41, 5.74) is -0.548. The van der Waals surface area contributed by atoms with Crippen LogP contribution in [0.4, 0.5) is 18.9 Å². The molecule has 0 spiro atoms. The predicted molar refractivity (Wildman–Crippen MR) is 182 cm³/mol. The molecule has 5 rings (SSSR count). The molecule has 1 aliphatic heterocycles. The van der Waals surface area contributed by atoms with Crippen LogP contribution < -0.4 is 20.7 Å². The fourth-order valence-corrected chi connectivity index (χ4v) is 6.76. The van der Waals surface area contributed by atoms with Crippen LogP contribution in [-0.2, 0) is 20.3 Å². The Morgan fingerprint density at radius 1 is 1.00 bits per heavy atom. The van der Waals surface area contributed by atoms with E-state index in [9.17, 15) is 19.2 Å². The largest absolute Gasteiger partial charge is 0.481 e. The summed E-state index contributed by atoms with van der Waals surface area (Å²) in [6.45, 7) is 3.90. The SMILES string of the molecule is COc1ccc(C(F)(F)C(=O)NC(C(=O)Nc2ccc(C(C)C(NC(=O)c3cnns3)C(=O)N3CCN(C)CC3)cc2F)C2CCCCC2)cn1. The fourth-order valence-electron chi connectivity index (χ4n) is 6.34. The first kappa shape index (κ1) is 37.6. The molecule has 2 aliphatic rings. The fraction of sp³-hybridized carbons (Fsp3) is 0.500. The number of nitrogens with one attached hydrogen (secondary N) is 3. The number of rotatable bonds is 12. The molecule has 4 amide bonds. The van der Waals surface area contributed by atoms with Gasteiger partial charge in [-0.25, -0.2) is 9.37 Å². The van der Waals surface area contributed by atoms with Crippen LogP contribution in [0, 0.1) is 11.7 Å². The van der Waals surface area contributed by atoms with Crippen molar-refractivity contribution in [2.75, 3.05) is 45.7 Å². The lowest BCUT2D eigenvalue weighted by molar-refractivity contribution is -0.149. The Morgan fingerprint density at radius 3 is 2.33 bits per heavy atom. The molecule has 3 atom stereocenters. The Labute approximate surface area is 297 Å². The number of benzene rings is 1. The molecule has 1 saturated carbocycles. The number of ether oxygens (including phenoxy) is 1. The maximum absolute atomic E-state index is 15.7.